The number of benzene rings is 2. The Balaban J connectivity index is 1.52. The van der Waals surface area contributed by atoms with Crippen LogP contribution in [0.5, 0.6) is 11.5 Å². The monoisotopic (exact) mass is 383 g/mol. The first-order valence-corrected chi connectivity index (χ1v) is 8.72. The molecule has 8 nitrogen and oxygen atoms in total. The number of anilines is 2. The van der Waals surface area contributed by atoms with Crippen LogP contribution < -0.4 is 25.4 Å². The summed E-state index contributed by atoms with van der Waals surface area (Å²) in [5.74, 6) is -0.187. The summed E-state index contributed by atoms with van der Waals surface area (Å²) >= 11 is 0. The number of rotatable bonds is 7. The average molecular weight is 383 g/mol. The Labute approximate surface area is 162 Å². The van der Waals surface area contributed by atoms with Crippen molar-refractivity contribution in [2.24, 2.45) is 11.7 Å². The SMILES string of the molecule is COc1ccc(NC(=O)COc2ccc(N3C[C@@H](C(N)=O)CC3=O)cc2)cc1. The summed E-state index contributed by atoms with van der Waals surface area (Å²) in [6.45, 7) is 0.121. The molecule has 1 aliphatic heterocycles. The van der Waals surface area contributed by atoms with E-state index in [9.17, 15) is 14.4 Å². The summed E-state index contributed by atoms with van der Waals surface area (Å²) in [4.78, 5) is 36.8. The van der Waals surface area contributed by atoms with Gasteiger partial charge in [0, 0.05) is 24.3 Å². The van der Waals surface area contributed by atoms with Gasteiger partial charge < -0.3 is 25.4 Å². The van der Waals surface area contributed by atoms with E-state index in [0.29, 0.717) is 22.9 Å². The van der Waals surface area contributed by atoms with Crippen molar-refractivity contribution in [2.45, 2.75) is 6.42 Å². The molecule has 3 amide bonds. The molecule has 1 aliphatic rings. The molecule has 3 N–H and O–H groups in total. The molecule has 8 heteroatoms. The van der Waals surface area contributed by atoms with Gasteiger partial charge in [-0.25, -0.2) is 0 Å². The molecular weight excluding hydrogens is 362 g/mol. The quantitative estimate of drug-likeness (QED) is 0.754. The normalized spacial score (nSPS) is 16.0. The summed E-state index contributed by atoms with van der Waals surface area (Å²) in [7, 11) is 1.57. The van der Waals surface area contributed by atoms with Crippen LogP contribution in [-0.4, -0.2) is 38.0 Å². The van der Waals surface area contributed by atoms with Gasteiger partial charge in [-0.15, -0.1) is 0 Å². The first-order valence-electron chi connectivity index (χ1n) is 8.72. The predicted molar refractivity (Wildman–Crippen MR) is 103 cm³/mol. The highest BCUT2D eigenvalue weighted by Crippen LogP contribution is 2.26. The number of ether oxygens (including phenoxy) is 2. The Morgan fingerprint density at radius 3 is 2.32 bits per heavy atom. The molecule has 0 aliphatic carbocycles. The second-order valence-electron chi connectivity index (χ2n) is 6.37. The van der Waals surface area contributed by atoms with E-state index in [0.717, 1.165) is 0 Å². The van der Waals surface area contributed by atoms with Crippen molar-refractivity contribution in [1.29, 1.82) is 0 Å². The van der Waals surface area contributed by atoms with Gasteiger partial charge in [0.2, 0.25) is 11.8 Å². The molecular formula is C20H21N3O5. The maximum absolute atomic E-state index is 12.0. The van der Waals surface area contributed by atoms with Gasteiger partial charge in [-0.1, -0.05) is 0 Å². The molecule has 0 saturated carbocycles. The van der Waals surface area contributed by atoms with Gasteiger partial charge in [-0.2, -0.15) is 0 Å². The molecule has 0 aromatic heterocycles. The Kier molecular flexibility index (Phi) is 5.78. The van der Waals surface area contributed by atoms with Crippen molar-refractivity contribution in [1.82, 2.24) is 0 Å². The lowest BCUT2D eigenvalue weighted by Crippen LogP contribution is -2.28. The standard InChI is InChI=1S/C20H21N3O5/c1-27-16-6-2-14(3-7-16)22-18(24)12-28-17-8-4-15(5-9-17)23-11-13(20(21)26)10-19(23)25/h2-9,13H,10-12H2,1H3,(H2,21,26)(H,22,24)/t13-/m0/s1. The summed E-state index contributed by atoms with van der Waals surface area (Å²) in [6, 6.07) is 13.7. The first-order chi connectivity index (χ1) is 13.5. The number of nitrogens with zero attached hydrogens (tertiary/aromatic N) is 1. The average Bonchev–Trinajstić information content (AvgIpc) is 3.09. The van der Waals surface area contributed by atoms with E-state index in [1.165, 1.54) is 4.90 Å². The molecule has 2 aromatic carbocycles. The third kappa shape index (κ3) is 4.59. The minimum absolute atomic E-state index is 0.124. The van der Waals surface area contributed by atoms with Crippen LogP contribution in [0.4, 0.5) is 11.4 Å². The van der Waals surface area contributed by atoms with Crippen molar-refractivity contribution in [3.8, 4) is 11.5 Å². The number of carbonyl (C=O) groups is 3. The topological polar surface area (TPSA) is 111 Å². The molecule has 28 heavy (non-hydrogen) atoms. The second-order valence-corrected chi connectivity index (χ2v) is 6.37. The smallest absolute Gasteiger partial charge is 0.262 e. The highest BCUT2D eigenvalue weighted by molar-refractivity contribution is 6.00. The van der Waals surface area contributed by atoms with Gasteiger partial charge in [0.1, 0.15) is 11.5 Å². The molecule has 0 radical (unpaired) electrons. The van der Waals surface area contributed by atoms with Crippen molar-refractivity contribution in [3.05, 3.63) is 48.5 Å². The fraction of sp³-hybridized carbons (Fsp3) is 0.250. The number of primary amides is 1. The third-order valence-corrected chi connectivity index (χ3v) is 4.42. The van der Waals surface area contributed by atoms with Crippen LogP contribution in [0.3, 0.4) is 0 Å². The number of methoxy groups -OCH3 is 1. The zero-order valence-corrected chi connectivity index (χ0v) is 15.4. The summed E-state index contributed by atoms with van der Waals surface area (Å²) in [5, 5.41) is 2.72. The summed E-state index contributed by atoms with van der Waals surface area (Å²) in [5.41, 5.74) is 6.58. The lowest BCUT2D eigenvalue weighted by molar-refractivity contribution is -0.123. The van der Waals surface area contributed by atoms with Gasteiger partial charge in [0.05, 0.1) is 13.0 Å². The Morgan fingerprint density at radius 1 is 1.11 bits per heavy atom. The van der Waals surface area contributed by atoms with Crippen LogP contribution in [0.15, 0.2) is 48.5 Å². The molecule has 0 bridgehead atoms. The molecule has 0 unspecified atom stereocenters. The second kappa shape index (κ2) is 8.43. The maximum Gasteiger partial charge on any atom is 0.262 e. The van der Waals surface area contributed by atoms with E-state index in [1.54, 1.807) is 55.6 Å². The third-order valence-electron chi connectivity index (χ3n) is 4.42. The van der Waals surface area contributed by atoms with E-state index in [1.807, 2.05) is 0 Å². The maximum atomic E-state index is 12.0. The van der Waals surface area contributed by atoms with Crippen molar-refractivity contribution in [3.63, 3.8) is 0 Å². The summed E-state index contributed by atoms with van der Waals surface area (Å²) in [6.07, 6.45) is 0.124. The highest BCUT2D eigenvalue weighted by atomic mass is 16.5. The van der Waals surface area contributed by atoms with Crippen LogP contribution in [0, 0.1) is 5.92 Å². The molecule has 3 rings (SSSR count). The molecule has 1 saturated heterocycles. The van der Waals surface area contributed by atoms with Crippen molar-refractivity contribution >= 4 is 29.1 Å². The van der Waals surface area contributed by atoms with Crippen LogP contribution in [0.25, 0.3) is 0 Å². The minimum Gasteiger partial charge on any atom is -0.497 e. The van der Waals surface area contributed by atoms with E-state index in [2.05, 4.69) is 5.32 Å². The van der Waals surface area contributed by atoms with Gasteiger partial charge in [0.15, 0.2) is 6.61 Å². The van der Waals surface area contributed by atoms with E-state index >= 15 is 0 Å². The van der Waals surface area contributed by atoms with Crippen molar-refractivity contribution < 1.29 is 23.9 Å². The number of amides is 3. The van der Waals surface area contributed by atoms with Gasteiger partial charge >= 0.3 is 0 Å². The number of nitrogens with two attached hydrogens (primary N) is 1. The van der Waals surface area contributed by atoms with Gasteiger partial charge in [0.25, 0.3) is 5.91 Å². The number of hydrogen-bond donors (Lipinski definition) is 2. The largest absolute Gasteiger partial charge is 0.497 e. The van der Waals surface area contributed by atoms with Gasteiger partial charge in [-0.05, 0) is 48.5 Å². The molecule has 1 fully saturated rings. The first kappa shape index (κ1) is 19.2. The zero-order chi connectivity index (χ0) is 20.1. The number of nitrogens with one attached hydrogen (secondary N) is 1. The molecule has 1 heterocycles. The number of hydrogen-bond acceptors (Lipinski definition) is 5. The van der Waals surface area contributed by atoms with Crippen LogP contribution in [-0.2, 0) is 14.4 Å². The minimum atomic E-state index is -0.473. The Morgan fingerprint density at radius 2 is 1.75 bits per heavy atom. The fourth-order valence-corrected chi connectivity index (χ4v) is 2.89. The van der Waals surface area contributed by atoms with Crippen LogP contribution in [0.2, 0.25) is 0 Å². The van der Waals surface area contributed by atoms with E-state index in [-0.39, 0.29) is 31.4 Å². The number of carbonyl (C=O) groups excluding carboxylic acids is 3. The predicted octanol–water partition coefficient (Wildman–Crippen LogP) is 1.55. The molecule has 2 aromatic rings. The van der Waals surface area contributed by atoms with E-state index < -0.39 is 11.8 Å². The zero-order valence-electron chi connectivity index (χ0n) is 15.4. The van der Waals surface area contributed by atoms with Crippen LogP contribution >= 0.6 is 0 Å². The van der Waals surface area contributed by atoms with Crippen LogP contribution in [0.1, 0.15) is 6.42 Å². The summed E-state index contributed by atoms with van der Waals surface area (Å²) < 4.78 is 10.5. The van der Waals surface area contributed by atoms with E-state index in [4.69, 9.17) is 15.2 Å². The van der Waals surface area contributed by atoms with Gasteiger partial charge in [-0.3, -0.25) is 14.4 Å². The lowest BCUT2D eigenvalue weighted by atomic mass is 10.1. The molecule has 1 atom stereocenters. The Bertz CT molecular complexity index is 864. The molecule has 146 valence electrons. The highest BCUT2D eigenvalue weighted by Gasteiger charge is 2.33. The fourth-order valence-electron chi connectivity index (χ4n) is 2.89. The Hall–Kier alpha value is -3.55. The molecule has 0 spiro atoms. The van der Waals surface area contributed by atoms with Crippen molar-refractivity contribution in [2.75, 3.05) is 30.5 Å². The lowest BCUT2D eigenvalue weighted by Gasteiger charge is -2.16.